The maximum absolute atomic E-state index is 10.9. The third-order valence-corrected chi connectivity index (χ3v) is 2.72. The predicted molar refractivity (Wildman–Crippen MR) is 70.5 cm³/mol. The monoisotopic (exact) mass is 258 g/mol. The summed E-state index contributed by atoms with van der Waals surface area (Å²) in [7, 11) is 0. The molecular weight excluding hydrogens is 244 g/mol. The van der Waals surface area contributed by atoms with Crippen molar-refractivity contribution in [3.8, 4) is 12.1 Å². The van der Waals surface area contributed by atoms with Crippen molar-refractivity contribution in [2.75, 3.05) is 11.4 Å². The van der Waals surface area contributed by atoms with E-state index >= 15 is 0 Å². The molecule has 0 N–H and O–H groups in total. The lowest BCUT2D eigenvalue weighted by molar-refractivity contribution is -0.385. The number of rotatable bonds is 5. The average Bonchev–Trinajstić information content (AvgIpc) is 2.38. The summed E-state index contributed by atoms with van der Waals surface area (Å²) in [5.74, 6) is 0. The fourth-order valence-corrected chi connectivity index (χ4v) is 1.80. The van der Waals surface area contributed by atoms with Crippen LogP contribution in [-0.2, 0) is 0 Å². The van der Waals surface area contributed by atoms with E-state index in [-0.39, 0.29) is 17.3 Å². The SMILES string of the molecule is CC(C)N(CCC#N)c1ccc(C#N)c([N+](=O)[O-])c1. The van der Waals surface area contributed by atoms with Crippen molar-refractivity contribution in [2.24, 2.45) is 0 Å². The van der Waals surface area contributed by atoms with Crippen LogP contribution in [0.3, 0.4) is 0 Å². The molecule has 1 aromatic rings. The fourth-order valence-electron chi connectivity index (χ4n) is 1.80. The quantitative estimate of drug-likeness (QED) is 0.597. The second-order valence-electron chi connectivity index (χ2n) is 4.27. The van der Waals surface area contributed by atoms with E-state index in [1.165, 1.54) is 12.1 Å². The molecule has 0 heterocycles. The molecule has 98 valence electrons. The number of nitriles is 2. The molecule has 0 saturated heterocycles. The molecule has 0 unspecified atom stereocenters. The van der Waals surface area contributed by atoms with Gasteiger partial charge in [-0.1, -0.05) is 0 Å². The molecule has 0 saturated carbocycles. The van der Waals surface area contributed by atoms with Gasteiger partial charge in [0.1, 0.15) is 11.6 Å². The van der Waals surface area contributed by atoms with Gasteiger partial charge in [0.2, 0.25) is 0 Å². The molecule has 0 aliphatic heterocycles. The molecule has 0 aliphatic rings. The van der Waals surface area contributed by atoms with Gasteiger partial charge in [-0.25, -0.2) is 0 Å². The van der Waals surface area contributed by atoms with Gasteiger partial charge in [0.15, 0.2) is 0 Å². The molecule has 0 spiro atoms. The van der Waals surface area contributed by atoms with E-state index < -0.39 is 4.92 Å². The maximum atomic E-state index is 10.9. The molecule has 0 amide bonds. The molecule has 0 aliphatic carbocycles. The molecule has 6 heteroatoms. The van der Waals surface area contributed by atoms with E-state index in [0.29, 0.717) is 18.7 Å². The highest BCUT2D eigenvalue weighted by Gasteiger charge is 2.18. The van der Waals surface area contributed by atoms with Crippen LogP contribution in [-0.4, -0.2) is 17.5 Å². The standard InChI is InChI=1S/C13H14N4O2/c1-10(2)16(7-3-6-14)12-5-4-11(9-15)13(8-12)17(18)19/h4-5,8,10H,3,7H2,1-2H3. The minimum Gasteiger partial charge on any atom is -0.368 e. The van der Waals surface area contributed by atoms with Gasteiger partial charge in [0, 0.05) is 24.3 Å². The summed E-state index contributed by atoms with van der Waals surface area (Å²) in [6, 6.07) is 8.46. The summed E-state index contributed by atoms with van der Waals surface area (Å²) in [5, 5.41) is 28.4. The fraction of sp³-hybridized carbons (Fsp3) is 0.385. The number of nitro groups is 1. The van der Waals surface area contributed by atoms with E-state index in [0.717, 1.165) is 0 Å². The van der Waals surface area contributed by atoms with Gasteiger partial charge in [-0.2, -0.15) is 10.5 Å². The minimum absolute atomic E-state index is 0.0396. The van der Waals surface area contributed by atoms with Crippen LogP contribution >= 0.6 is 0 Å². The Morgan fingerprint density at radius 1 is 1.42 bits per heavy atom. The molecule has 6 nitrogen and oxygen atoms in total. The highest BCUT2D eigenvalue weighted by atomic mass is 16.6. The second-order valence-corrected chi connectivity index (χ2v) is 4.27. The van der Waals surface area contributed by atoms with Crippen molar-refractivity contribution in [3.05, 3.63) is 33.9 Å². The first kappa shape index (κ1) is 14.5. The van der Waals surface area contributed by atoms with Gasteiger partial charge in [0.25, 0.3) is 5.69 Å². The Kier molecular flexibility index (Phi) is 4.84. The summed E-state index contributed by atoms with van der Waals surface area (Å²) in [6.45, 7) is 4.39. The topological polar surface area (TPSA) is 94.0 Å². The third kappa shape index (κ3) is 3.43. The van der Waals surface area contributed by atoms with Crippen LogP contribution in [0.2, 0.25) is 0 Å². The normalized spacial score (nSPS) is 9.74. The van der Waals surface area contributed by atoms with Crippen molar-refractivity contribution in [2.45, 2.75) is 26.3 Å². The van der Waals surface area contributed by atoms with Crippen molar-refractivity contribution >= 4 is 11.4 Å². The Labute approximate surface area is 111 Å². The van der Waals surface area contributed by atoms with Crippen LogP contribution in [0.15, 0.2) is 18.2 Å². The van der Waals surface area contributed by atoms with Gasteiger partial charge < -0.3 is 4.90 Å². The summed E-state index contributed by atoms with van der Waals surface area (Å²) in [5.41, 5.74) is 0.483. The zero-order valence-corrected chi connectivity index (χ0v) is 10.8. The molecule has 0 bridgehead atoms. The van der Waals surface area contributed by atoms with Crippen LogP contribution in [0.25, 0.3) is 0 Å². The molecule has 19 heavy (non-hydrogen) atoms. The van der Waals surface area contributed by atoms with Gasteiger partial charge in [0.05, 0.1) is 17.4 Å². The van der Waals surface area contributed by atoms with Gasteiger partial charge in [-0.05, 0) is 26.0 Å². The molecular formula is C13H14N4O2. The minimum atomic E-state index is -0.565. The largest absolute Gasteiger partial charge is 0.368 e. The number of hydrogen-bond donors (Lipinski definition) is 0. The number of nitro benzene ring substituents is 1. The van der Waals surface area contributed by atoms with Crippen molar-refractivity contribution in [1.29, 1.82) is 10.5 Å². The summed E-state index contributed by atoms with van der Waals surface area (Å²) < 4.78 is 0. The Morgan fingerprint density at radius 3 is 2.58 bits per heavy atom. The van der Waals surface area contributed by atoms with E-state index in [4.69, 9.17) is 10.5 Å². The van der Waals surface area contributed by atoms with Crippen LogP contribution in [0.1, 0.15) is 25.8 Å². The summed E-state index contributed by atoms with van der Waals surface area (Å²) in [4.78, 5) is 12.3. The highest BCUT2D eigenvalue weighted by Crippen LogP contribution is 2.26. The molecule has 0 atom stereocenters. The van der Waals surface area contributed by atoms with Crippen molar-refractivity contribution in [1.82, 2.24) is 0 Å². The highest BCUT2D eigenvalue weighted by molar-refractivity contribution is 5.60. The second kappa shape index (κ2) is 6.36. The van der Waals surface area contributed by atoms with E-state index in [1.54, 1.807) is 12.1 Å². The van der Waals surface area contributed by atoms with Crippen molar-refractivity contribution in [3.63, 3.8) is 0 Å². The van der Waals surface area contributed by atoms with Crippen LogP contribution in [0.5, 0.6) is 0 Å². The lowest BCUT2D eigenvalue weighted by Crippen LogP contribution is -2.31. The third-order valence-electron chi connectivity index (χ3n) is 2.72. The number of anilines is 1. The van der Waals surface area contributed by atoms with E-state index in [2.05, 4.69) is 6.07 Å². The smallest absolute Gasteiger partial charge is 0.289 e. The summed E-state index contributed by atoms with van der Waals surface area (Å²) in [6.07, 6.45) is 0.339. The van der Waals surface area contributed by atoms with Gasteiger partial charge in [-0.15, -0.1) is 0 Å². The van der Waals surface area contributed by atoms with Crippen molar-refractivity contribution < 1.29 is 4.92 Å². The first-order valence-corrected chi connectivity index (χ1v) is 5.83. The average molecular weight is 258 g/mol. The lowest BCUT2D eigenvalue weighted by atomic mass is 10.1. The van der Waals surface area contributed by atoms with E-state index in [1.807, 2.05) is 18.7 Å². The van der Waals surface area contributed by atoms with E-state index in [9.17, 15) is 10.1 Å². The lowest BCUT2D eigenvalue weighted by Gasteiger charge is -2.28. The van der Waals surface area contributed by atoms with Gasteiger partial charge in [-0.3, -0.25) is 10.1 Å². The molecule has 1 aromatic carbocycles. The Bertz CT molecular complexity index is 555. The number of nitrogens with zero attached hydrogens (tertiary/aromatic N) is 4. The molecule has 0 radical (unpaired) electrons. The number of hydrogen-bond acceptors (Lipinski definition) is 5. The zero-order chi connectivity index (χ0) is 14.4. The molecule has 0 fully saturated rings. The first-order chi connectivity index (χ1) is 9.01. The summed E-state index contributed by atoms with van der Waals surface area (Å²) >= 11 is 0. The van der Waals surface area contributed by atoms with Crippen LogP contribution < -0.4 is 4.90 Å². The number of benzene rings is 1. The molecule has 0 aromatic heterocycles. The Hall–Kier alpha value is -2.60. The predicted octanol–water partition coefficient (Wildman–Crippen LogP) is 2.59. The van der Waals surface area contributed by atoms with Crippen LogP contribution in [0.4, 0.5) is 11.4 Å². The Morgan fingerprint density at radius 2 is 2.11 bits per heavy atom. The Balaban J connectivity index is 3.19. The molecule has 1 rings (SSSR count). The van der Waals surface area contributed by atoms with Gasteiger partial charge >= 0.3 is 0 Å². The zero-order valence-electron chi connectivity index (χ0n) is 10.8. The van der Waals surface area contributed by atoms with Crippen LogP contribution in [0, 0.1) is 32.8 Å². The maximum Gasteiger partial charge on any atom is 0.289 e. The first-order valence-electron chi connectivity index (χ1n) is 5.83.